The van der Waals surface area contributed by atoms with Crippen LogP contribution in [0.15, 0.2) is 12.1 Å². The molecule has 1 aromatic rings. The van der Waals surface area contributed by atoms with Gasteiger partial charge in [0, 0.05) is 12.6 Å². The lowest BCUT2D eigenvalue weighted by Crippen LogP contribution is -2.35. The highest BCUT2D eigenvalue weighted by Crippen LogP contribution is 2.39. The zero-order chi connectivity index (χ0) is 13.2. The third-order valence-electron chi connectivity index (χ3n) is 4.46. The van der Waals surface area contributed by atoms with Crippen molar-refractivity contribution in [3.05, 3.63) is 12.1 Å². The Morgan fingerprint density at radius 2 is 2.16 bits per heavy atom. The molecule has 1 saturated heterocycles. The quantitative estimate of drug-likeness (QED) is 0.909. The summed E-state index contributed by atoms with van der Waals surface area (Å²) in [7, 11) is 0. The van der Waals surface area contributed by atoms with Gasteiger partial charge in [0.1, 0.15) is 5.82 Å². The molecule has 104 valence electrons. The van der Waals surface area contributed by atoms with E-state index in [1.807, 2.05) is 19.1 Å². The largest absolute Gasteiger partial charge is 0.476 e. The predicted molar refractivity (Wildman–Crippen MR) is 77.5 cm³/mol. The van der Waals surface area contributed by atoms with Crippen LogP contribution in [0, 0.1) is 5.92 Å². The maximum absolute atomic E-state index is 5.90. The summed E-state index contributed by atoms with van der Waals surface area (Å²) in [6.07, 6.45) is 6.75. The highest BCUT2D eigenvalue weighted by Gasteiger charge is 2.36. The number of pyridine rings is 1. The SMILES string of the molecule is CCOc1nc(N2CCC3CCCCC32)ccc1N. The minimum absolute atomic E-state index is 0.583. The Kier molecular flexibility index (Phi) is 3.49. The number of nitrogens with two attached hydrogens (primary N) is 1. The van der Waals surface area contributed by atoms with Gasteiger partial charge in [0.25, 0.3) is 0 Å². The average molecular weight is 261 g/mol. The van der Waals surface area contributed by atoms with E-state index in [2.05, 4.69) is 9.88 Å². The number of ether oxygens (including phenoxy) is 1. The fourth-order valence-electron chi connectivity index (χ4n) is 3.54. The number of rotatable bonds is 3. The second kappa shape index (κ2) is 5.27. The molecule has 2 unspecified atom stereocenters. The van der Waals surface area contributed by atoms with Crippen molar-refractivity contribution in [1.82, 2.24) is 4.98 Å². The fourth-order valence-corrected chi connectivity index (χ4v) is 3.54. The van der Waals surface area contributed by atoms with E-state index in [9.17, 15) is 0 Å². The molecule has 1 aromatic heterocycles. The smallest absolute Gasteiger partial charge is 0.239 e. The van der Waals surface area contributed by atoms with Crippen LogP contribution in [0.2, 0.25) is 0 Å². The Morgan fingerprint density at radius 1 is 1.32 bits per heavy atom. The van der Waals surface area contributed by atoms with E-state index in [4.69, 9.17) is 10.5 Å². The summed E-state index contributed by atoms with van der Waals surface area (Å²) < 4.78 is 5.51. The molecule has 0 spiro atoms. The van der Waals surface area contributed by atoms with Crippen molar-refractivity contribution in [2.75, 3.05) is 23.8 Å². The zero-order valence-electron chi connectivity index (χ0n) is 11.6. The molecule has 2 fully saturated rings. The molecule has 0 radical (unpaired) electrons. The van der Waals surface area contributed by atoms with Crippen LogP contribution in [0.5, 0.6) is 5.88 Å². The van der Waals surface area contributed by atoms with Gasteiger partial charge in [0.2, 0.25) is 5.88 Å². The van der Waals surface area contributed by atoms with Crippen molar-refractivity contribution in [3.8, 4) is 5.88 Å². The van der Waals surface area contributed by atoms with Crippen LogP contribution in [-0.2, 0) is 0 Å². The van der Waals surface area contributed by atoms with E-state index in [0.717, 1.165) is 18.3 Å². The highest BCUT2D eigenvalue weighted by molar-refractivity contribution is 5.55. The lowest BCUT2D eigenvalue weighted by atomic mass is 9.85. The lowest BCUT2D eigenvalue weighted by Gasteiger charge is -2.32. The van der Waals surface area contributed by atoms with Crippen LogP contribution < -0.4 is 15.4 Å². The minimum atomic E-state index is 0.583. The summed E-state index contributed by atoms with van der Waals surface area (Å²) in [5, 5.41) is 0. The van der Waals surface area contributed by atoms with Gasteiger partial charge in [0.05, 0.1) is 12.3 Å². The van der Waals surface area contributed by atoms with Gasteiger partial charge in [-0.05, 0) is 44.2 Å². The van der Waals surface area contributed by atoms with Gasteiger partial charge in [-0.1, -0.05) is 12.8 Å². The maximum Gasteiger partial charge on any atom is 0.239 e. The monoisotopic (exact) mass is 261 g/mol. The second-order valence-corrected chi connectivity index (χ2v) is 5.59. The Labute approximate surface area is 115 Å². The Hall–Kier alpha value is -1.45. The van der Waals surface area contributed by atoms with Crippen molar-refractivity contribution in [3.63, 3.8) is 0 Å². The van der Waals surface area contributed by atoms with Crippen molar-refractivity contribution in [2.24, 2.45) is 5.92 Å². The van der Waals surface area contributed by atoms with Crippen molar-refractivity contribution in [1.29, 1.82) is 0 Å². The summed E-state index contributed by atoms with van der Waals surface area (Å²) in [6.45, 7) is 3.69. The van der Waals surface area contributed by atoms with E-state index in [-0.39, 0.29) is 0 Å². The van der Waals surface area contributed by atoms with Crippen molar-refractivity contribution < 1.29 is 4.74 Å². The number of anilines is 2. The minimum Gasteiger partial charge on any atom is -0.476 e. The summed E-state index contributed by atoms with van der Waals surface area (Å²) in [4.78, 5) is 7.08. The Balaban J connectivity index is 1.83. The second-order valence-electron chi connectivity index (χ2n) is 5.59. The summed E-state index contributed by atoms with van der Waals surface area (Å²) in [6, 6.07) is 4.64. The molecule has 3 rings (SSSR count). The molecule has 2 heterocycles. The standard InChI is InChI=1S/C15H23N3O/c1-2-19-15-12(16)7-8-14(17-15)18-10-9-11-5-3-4-6-13(11)18/h7-8,11,13H,2-6,9-10,16H2,1H3. The number of nitrogen functional groups attached to an aromatic ring is 1. The molecular weight excluding hydrogens is 238 g/mol. The molecule has 1 saturated carbocycles. The molecule has 1 aliphatic carbocycles. The first kappa shape index (κ1) is 12.6. The average Bonchev–Trinajstić information content (AvgIpc) is 2.85. The normalized spacial score (nSPS) is 26.3. The molecule has 19 heavy (non-hydrogen) atoms. The van der Waals surface area contributed by atoms with Gasteiger partial charge in [-0.3, -0.25) is 0 Å². The fraction of sp³-hybridized carbons (Fsp3) is 0.667. The topological polar surface area (TPSA) is 51.4 Å². The van der Waals surface area contributed by atoms with E-state index >= 15 is 0 Å². The number of hydrogen-bond acceptors (Lipinski definition) is 4. The van der Waals surface area contributed by atoms with E-state index in [1.54, 1.807) is 0 Å². The molecule has 4 heteroatoms. The van der Waals surface area contributed by atoms with Crippen LogP contribution in [0.3, 0.4) is 0 Å². The lowest BCUT2D eigenvalue weighted by molar-refractivity contribution is 0.326. The van der Waals surface area contributed by atoms with Gasteiger partial charge in [-0.2, -0.15) is 4.98 Å². The number of aromatic nitrogens is 1. The Bertz CT molecular complexity index is 449. The number of fused-ring (bicyclic) bond motifs is 1. The summed E-state index contributed by atoms with van der Waals surface area (Å²) in [5.74, 6) is 2.48. The summed E-state index contributed by atoms with van der Waals surface area (Å²) in [5.41, 5.74) is 6.53. The molecule has 2 aliphatic rings. The summed E-state index contributed by atoms with van der Waals surface area (Å²) >= 11 is 0. The zero-order valence-corrected chi connectivity index (χ0v) is 11.6. The number of nitrogens with zero attached hydrogens (tertiary/aromatic N) is 2. The molecule has 0 aromatic carbocycles. The van der Waals surface area contributed by atoms with E-state index in [1.165, 1.54) is 32.1 Å². The van der Waals surface area contributed by atoms with Gasteiger partial charge >= 0.3 is 0 Å². The van der Waals surface area contributed by atoms with Crippen molar-refractivity contribution in [2.45, 2.75) is 45.1 Å². The van der Waals surface area contributed by atoms with Crippen LogP contribution in [0.25, 0.3) is 0 Å². The molecule has 0 amide bonds. The van der Waals surface area contributed by atoms with Crippen LogP contribution >= 0.6 is 0 Å². The highest BCUT2D eigenvalue weighted by atomic mass is 16.5. The van der Waals surface area contributed by atoms with Gasteiger partial charge in [-0.25, -0.2) is 0 Å². The first-order valence-corrected chi connectivity index (χ1v) is 7.45. The van der Waals surface area contributed by atoms with Crippen LogP contribution in [-0.4, -0.2) is 24.2 Å². The predicted octanol–water partition coefficient (Wildman–Crippen LogP) is 2.83. The van der Waals surface area contributed by atoms with E-state index in [0.29, 0.717) is 24.2 Å². The molecule has 1 aliphatic heterocycles. The first-order valence-electron chi connectivity index (χ1n) is 7.45. The first-order chi connectivity index (χ1) is 9.29. The third-order valence-corrected chi connectivity index (χ3v) is 4.46. The van der Waals surface area contributed by atoms with Crippen LogP contribution in [0.4, 0.5) is 11.5 Å². The molecule has 2 atom stereocenters. The molecule has 2 N–H and O–H groups in total. The molecule has 0 bridgehead atoms. The van der Waals surface area contributed by atoms with Gasteiger partial charge < -0.3 is 15.4 Å². The van der Waals surface area contributed by atoms with Crippen LogP contribution in [0.1, 0.15) is 39.0 Å². The Morgan fingerprint density at radius 3 is 3.00 bits per heavy atom. The van der Waals surface area contributed by atoms with Gasteiger partial charge in [-0.15, -0.1) is 0 Å². The van der Waals surface area contributed by atoms with E-state index < -0.39 is 0 Å². The maximum atomic E-state index is 5.90. The van der Waals surface area contributed by atoms with Gasteiger partial charge in [0.15, 0.2) is 0 Å². The number of hydrogen-bond donors (Lipinski definition) is 1. The molecular formula is C15H23N3O. The third kappa shape index (κ3) is 2.36. The van der Waals surface area contributed by atoms with Crippen molar-refractivity contribution >= 4 is 11.5 Å². The molecule has 4 nitrogen and oxygen atoms in total.